The number of hydrogen-bond donors (Lipinski definition) is 1. The summed E-state index contributed by atoms with van der Waals surface area (Å²) in [5.41, 5.74) is 5.51. The fraction of sp³-hybridized carbons (Fsp3) is 0.217. The highest BCUT2D eigenvalue weighted by molar-refractivity contribution is 5.95. The summed E-state index contributed by atoms with van der Waals surface area (Å²) < 4.78 is 3.74. The van der Waals surface area contributed by atoms with Crippen molar-refractivity contribution in [2.75, 3.05) is 0 Å². The molecule has 4 aromatic rings. The molecule has 3 heterocycles. The summed E-state index contributed by atoms with van der Waals surface area (Å²) in [6, 6.07) is 10.3. The van der Waals surface area contributed by atoms with Crippen LogP contribution in [-0.2, 0) is 11.3 Å². The standard InChI is InChI=1S/C23H24N6O/c1-5-21(30)25-13-20-22-19(17-12-26-28(14-17)15(2)3)10-11-24-23(22)29(27-20)18-8-6-16(4)7-9-18/h5-12,14-15H,1,13H2,2-4H3,(H,25,30). The Balaban J connectivity index is 1.90. The van der Waals surface area contributed by atoms with Gasteiger partial charge in [-0.2, -0.15) is 10.2 Å². The maximum atomic E-state index is 11.8. The number of pyridine rings is 1. The van der Waals surface area contributed by atoms with Gasteiger partial charge >= 0.3 is 0 Å². The summed E-state index contributed by atoms with van der Waals surface area (Å²) in [7, 11) is 0. The van der Waals surface area contributed by atoms with Crippen molar-refractivity contribution in [3.63, 3.8) is 0 Å². The number of hydrogen-bond acceptors (Lipinski definition) is 4. The van der Waals surface area contributed by atoms with Crippen LogP contribution in [-0.4, -0.2) is 30.5 Å². The lowest BCUT2D eigenvalue weighted by atomic mass is 10.1. The maximum absolute atomic E-state index is 11.8. The van der Waals surface area contributed by atoms with Gasteiger partial charge in [-0.15, -0.1) is 0 Å². The quantitative estimate of drug-likeness (QED) is 0.497. The third-order valence-electron chi connectivity index (χ3n) is 4.98. The summed E-state index contributed by atoms with van der Waals surface area (Å²) >= 11 is 0. The van der Waals surface area contributed by atoms with Crippen LogP contribution in [0.5, 0.6) is 0 Å². The normalized spacial score (nSPS) is 11.2. The Morgan fingerprint density at radius 3 is 2.67 bits per heavy atom. The molecule has 30 heavy (non-hydrogen) atoms. The number of rotatable bonds is 6. The average molecular weight is 400 g/mol. The number of nitrogens with zero attached hydrogens (tertiary/aromatic N) is 5. The number of carbonyl (C=O) groups is 1. The summed E-state index contributed by atoms with van der Waals surface area (Å²) in [4.78, 5) is 16.4. The Labute approximate surface area is 175 Å². The molecular weight excluding hydrogens is 376 g/mol. The SMILES string of the molecule is C=CC(=O)NCc1nn(-c2ccc(C)cc2)c2nccc(-c3cnn(C(C)C)c3)c12. The molecule has 3 aromatic heterocycles. The summed E-state index contributed by atoms with van der Waals surface area (Å²) in [6.45, 7) is 10.0. The van der Waals surface area contributed by atoms with Crippen molar-refractivity contribution in [1.29, 1.82) is 0 Å². The fourth-order valence-corrected chi connectivity index (χ4v) is 3.35. The monoisotopic (exact) mass is 400 g/mol. The molecule has 0 unspecified atom stereocenters. The van der Waals surface area contributed by atoms with Crippen molar-refractivity contribution in [3.8, 4) is 16.8 Å². The van der Waals surface area contributed by atoms with E-state index in [0.29, 0.717) is 0 Å². The third kappa shape index (κ3) is 3.61. The van der Waals surface area contributed by atoms with E-state index in [0.717, 1.165) is 33.5 Å². The van der Waals surface area contributed by atoms with Crippen molar-refractivity contribution in [3.05, 3.63) is 72.8 Å². The Morgan fingerprint density at radius 2 is 2.00 bits per heavy atom. The summed E-state index contributed by atoms with van der Waals surface area (Å²) in [5.74, 6) is -0.244. The van der Waals surface area contributed by atoms with Crippen molar-refractivity contribution >= 4 is 16.9 Å². The van der Waals surface area contributed by atoms with E-state index in [-0.39, 0.29) is 18.5 Å². The van der Waals surface area contributed by atoms with Crippen molar-refractivity contribution < 1.29 is 4.79 Å². The first-order valence-corrected chi connectivity index (χ1v) is 9.86. The van der Waals surface area contributed by atoms with E-state index in [1.165, 1.54) is 11.6 Å². The van der Waals surface area contributed by atoms with Gasteiger partial charge in [0.15, 0.2) is 5.65 Å². The molecule has 4 rings (SSSR count). The van der Waals surface area contributed by atoms with E-state index in [9.17, 15) is 4.79 Å². The molecule has 7 heteroatoms. The van der Waals surface area contributed by atoms with Crippen molar-refractivity contribution in [2.24, 2.45) is 0 Å². The van der Waals surface area contributed by atoms with E-state index < -0.39 is 0 Å². The Morgan fingerprint density at radius 1 is 1.23 bits per heavy atom. The van der Waals surface area contributed by atoms with Crippen LogP contribution in [0.2, 0.25) is 0 Å². The largest absolute Gasteiger partial charge is 0.347 e. The number of amides is 1. The fourth-order valence-electron chi connectivity index (χ4n) is 3.35. The lowest BCUT2D eigenvalue weighted by Gasteiger charge is -2.05. The van der Waals surface area contributed by atoms with Gasteiger partial charge in [0.25, 0.3) is 0 Å². The highest BCUT2D eigenvalue weighted by Crippen LogP contribution is 2.31. The molecule has 0 aliphatic rings. The topological polar surface area (TPSA) is 77.6 Å². The van der Waals surface area contributed by atoms with Crippen LogP contribution in [0.3, 0.4) is 0 Å². The third-order valence-corrected chi connectivity index (χ3v) is 4.98. The van der Waals surface area contributed by atoms with Gasteiger partial charge < -0.3 is 5.32 Å². The first-order valence-electron chi connectivity index (χ1n) is 9.86. The second kappa shape index (κ2) is 7.94. The number of benzene rings is 1. The number of nitrogens with one attached hydrogen (secondary N) is 1. The molecular formula is C23H24N6O. The second-order valence-electron chi connectivity index (χ2n) is 7.48. The van der Waals surface area contributed by atoms with Crippen LogP contribution in [0.15, 0.2) is 61.6 Å². The number of aromatic nitrogens is 5. The number of aryl methyl sites for hydroxylation is 1. The molecule has 0 spiro atoms. The zero-order valence-corrected chi connectivity index (χ0v) is 17.3. The van der Waals surface area contributed by atoms with Crippen LogP contribution in [0.4, 0.5) is 0 Å². The zero-order valence-electron chi connectivity index (χ0n) is 17.3. The van der Waals surface area contributed by atoms with Gasteiger partial charge in [-0.3, -0.25) is 9.48 Å². The highest BCUT2D eigenvalue weighted by atomic mass is 16.1. The lowest BCUT2D eigenvalue weighted by Crippen LogP contribution is -2.20. The molecule has 0 fully saturated rings. The molecule has 7 nitrogen and oxygen atoms in total. The average Bonchev–Trinajstić information content (AvgIpc) is 3.38. The first kappa shape index (κ1) is 19.6. The Kier molecular flexibility index (Phi) is 5.18. The zero-order chi connectivity index (χ0) is 21.3. The highest BCUT2D eigenvalue weighted by Gasteiger charge is 2.19. The van der Waals surface area contributed by atoms with E-state index >= 15 is 0 Å². The van der Waals surface area contributed by atoms with Crippen LogP contribution in [0.25, 0.3) is 27.8 Å². The van der Waals surface area contributed by atoms with Crippen LogP contribution >= 0.6 is 0 Å². The molecule has 1 aromatic carbocycles. The number of fused-ring (bicyclic) bond motifs is 1. The number of carbonyl (C=O) groups excluding carboxylic acids is 1. The van der Waals surface area contributed by atoms with Crippen molar-refractivity contribution in [2.45, 2.75) is 33.4 Å². The summed E-state index contributed by atoms with van der Waals surface area (Å²) in [6.07, 6.45) is 6.91. The minimum absolute atomic E-state index is 0.244. The van der Waals surface area contributed by atoms with E-state index in [1.54, 1.807) is 6.20 Å². The van der Waals surface area contributed by atoms with Gasteiger partial charge in [-0.25, -0.2) is 9.67 Å². The minimum Gasteiger partial charge on any atom is -0.347 e. The smallest absolute Gasteiger partial charge is 0.243 e. The molecule has 1 amide bonds. The van der Waals surface area contributed by atoms with Gasteiger partial charge in [0, 0.05) is 24.0 Å². The Bertz CT molecular complexity index is 1220. The molecule has 0 saturated heterocycles. The molecule has 152 valence electrons. The van der Waals surface area contributed by atoms with E-state index in [4.69, 9.17) is 5.10 Å². The lowest BCUT2D eigenvalue weighted by molar-refractivity contribution is -0.116. The molecule has 0 bridgehead atoms. The predicted molar refractivity (Wildman–Crippen MR) is 117 cm³/mol. The molecule has 1 N–H and O–H groups in total. The van der Waals surface area contributed by atoms with Gasteiger partial charge in [0.2, 0.25) is 5.91 Å². The van der Waals surface area contributed by atoms with Gasteiger partial charge in [-0.1, -0.05) is 24.3 Å². The molecule has 0 atom stereocenters. The van der Waals surface area contributed by atoms with Gasteiger partial charge in [-0.05, 0) is 50.6 Å². The molecule has 0 saturated carbocycles. The van der Waals surface area contributed by atoms with Crippen LogP contribution in [0, 0.1) is 6.92 Å². The molecule has 0 aliphatic carbocycles. The van der Waals surface area contributed by atoms with Crippen LogP contribution < -0.4 is 5.32 Å². The van der Waals surface area contributed by atoms with Gasteiger partial charge in [0.1, 0.15) is 0 Å². The minimum atomic E-state index is -0.244. The van der Waals surface area contributed by atoms with Gasteiger partial charge in [0.05, 0.1) is 29.5 Å². The second-order valence-corrected chi connectivity index (χ2v) is 7.48. The van der Waals surface area contributed by atoms with E-state index in [1.807, 2.05) is 59.0 Å². The molecule has 0 aliphatic heterocycles. The molecule has 0 radical (unpaired) electrons. The van der Waals surface area contributed by atoms with Crippen LogP contribution in [0.1, 0.15) is 31.1 Å². The summed E-state index contributed by atoms with van der Waals surface area (Å²) in [5, 5.41) is 13.0. The predicted octanol–water partition coefficient (Wildman–Crippen LogP) is 3.98. The first-order chi connectivity index (χ1) is 14.5. The maximum Gasteiger partial charge on any atom is 0.243 e. The van der Waals surface area contributed by atoms with E-state index in [2.05, 4.69) is 35.8 Å². The van der Waals surface area contributed by atoms with Crippen molar-refractivity contribution in [1.82, 2.24) is 29.9 Å². The Hall–Kier alpha value is -3.74.